The normalized spacial score (nSPS) is 20.8. The quantitative estimate of drug-likeness (QED) is 0.769. The molecular formula is C13H25N3O2. The van der Waals surface area contributed by atoms with Crippen molar-refractivity contribution in [2.45, 2.75) is 52.1 Å². The van der Waals surface area contributed by atoms with Crippen molar-refractivity contribution >= 4 is 11.8 Å². The van der Waals surface area contributed by atoms with E-state index in [0.717, 1.165) is 0 Å². The van der Waals surface area contributed by atoms with Gasteiger partial charge in [-0.2, -0.15) is 0 Å². The Labute approximate surface area is 109 Å². The van der Waals surface area contributed by atoms with Gasteiger partial charge in [0.15, 0.2) is 0 Å². The van der Waals surface area contributed by atoms with Crippen molar-refractivity contribution in [1.82, 2.24) is 15.5 Å². The van der Waals surface area contributed by atoms with E-state index >= 15 is 0 Å². The smallest absolute Gasteiger partial charge is 0.242 e. The van der Waals surface area contributed by atoms with E-state index in [-0.39, 0.29) is 23.4 Å². The second kappa shape index (κ2) is 6.18. The van der Waals surface area contributed by atoms with Crippen molar-refractivity contribution in [3.8, 4) is 0 Å². The van der Waals surface area contributed by atoms with Crippen LogP contribution in [0.25, 0.3) is 0 Å². The maximum absolute atomic E-state index is 12.1. The van der Waals surface area contributed by atoms with E-state index in [4.69, 9.17) is 0 Å². The number of carbonyl (C=O) groups is 2. The largest absolute Gasteiger partial charge is 0.353 e. The minimum atomic E-state index is -0.291. The minimum Gasteiger partial charge on any atom is -0.353 e. The van der Waals surface area contributed by atoms with E-state index in [1.54, 1.807) is 4.90 Å². The molecule has 5 heteroatoms. The highest BCUT2D eigenvalue weighted by atomic mass is 16.2. The van der Waals surface area contributed by atoms with Crippen molar-refractivity contribution < 1.29 is 9.59 Å². The zero-order valence-electron chi connectivity index (χ0n) is 11.9. The van der Waals surface area contributed by atoms with Gasteiger partial charge in [-0.05, 0) is 27.2 Å². The zero-order valence-corrected chi connectivity index (χ0v) is 11.9. The Morgan fingerprint density at radius 3 is 2.72 bits per heavy atom. The van der Waals surface area contributed by atoms with Crippen LogP contribution >= 0.6 is 0 Å². The third-order valence-electron chi connectivity index (χ3n) is 3.03. The van der Waals surface area contributed by atoms with Crippen molar-refractivity contribution in [3.63, 3.8) is 0 Å². The predicted octanol–water partition coefficient (Wildman–Crippen LogP) is 0.502. The van der Waals surface area contributed by atoms with Crippen molar-refractivity contribution in [1.29, 1.82) is 0 Å². The van der Waals surface area contributed by atoms with E-state index in [1.165, 1.54) is 0 Å². The average Bonchev–Trinajstić information content (AvgIpc) is 2.26. The van der Waals surface area contributed by atoms with E-state index < -0.39 is 0 Å². The molecule has 0 aromatic rings. The Bertz CT molecular complexity index is 310. The first kappa shape index (κ1) is 15.0. The van der Waals surface area contributed by atoms with Crippen LogP contribution in [0.3, 0.4) is 0 Å². The fourth-order valence-electron chi connectivity index (χ4n) is 2.11. The number of piperazine rings is 1. The maximum Gasteiger partial charge on any atom is 0.242 e. The maximum atomic E-state index is 12.1. The molecule has 104 valence electrons. The zero-order chi connectivity index (χ0) is 13.8. The number of hydrogen-bond acceptors (Lipinski definition) is 3. The SMILES string of the molecule is CCC1C(=O)NCCN1C(=O)CCNC(C)(C)C. The molecule has 0 aromatic carbocycles. The first-order valence-electron chi connectivity index (χ1n) is 6.67. The molecular weight excluding hydrogens is 230 g/mol. The highest BCUT2D eigenvalue weighted by Gasteiger charge is 2.31. The van der Waals surface area contributed by atoms with Crippen LogP contribution in [0.15, 0.2) is 0 Å². The summed E-state index contributed by atoms with van der Waals surface area (Å²) in [4.78, 5) is 25.5. The molecule has 2 amide bonds. The van der Waals surface area contributed by atoms with Crippen LogP contribution in [0.4, 0.5) is 0 Å². The molecule has 0 spiro atoms. The molecule has 0 radical (unpaired) electrons. The number of carbonyl (C=O) groups excluding carboxylic acids is 2. The molecule has 2 N–H and O–H groups in total. The van der Waals surface area contributed by atoms with Crippen molar-refractivity contribution in [2.75, 3.05) is 19.6 Å². The minimum absolute atomic E-state index is 0.0176. The first-order chi connectivity index (χ1) is 8.35. The fraction of sp³-hybridized carbons (Fsp3) is 0.846. The summed E-state index contributed by atoms with van der Waals surface area (Å²) < 4.78 is 0. The Morgan fingerprint density at radius 1 is 1.50 bits per heavy atom. The molecule has 1 aliphatic heterocycles. The Balaban J connectivity index is 2.47. The second-order valence-electron chi connectivity index (χ2n) is 5.73. The molecule has 1 saturated heterocycles. The molecule has 0 saturated carbocycles. The summed E-state index contributed by atoms with van der Waals surface area (Å²) in [6.07, 6.45) is 1.12. The molecule has 1 aliphatic rings. The fourth-order valence-corrected chi connectivity index (χ4v) is 2.11. The lowest BCUT2D eigenvalue weighted by molar-refractivity contribution is -0.143. The first-order valence-corrected chi connectivity index (χ1v) is 6.67. The van der Waals surface area contributed by atoms with Gasteiger partial charge in [0, 0.05) is 31.6 Å². The average molecular weight is 255 g/mol. The lowest BCUT2D eigenvalue weighted by atomic mass is 10.1. The monoisotopic (exact) mass is 255 g/mol. The standard InChI is InChI=1S/C13H25N3O2/c1-5-10-12(18)14-8-9-16(10)11(17)6-7-15-13(2,3)4/h10,15H,5-9H2,1-4H3,(H,14,18). The molecule has 5 nitrogen and oxygen atoms in total. The molecule has 18 heavy (non-hydrogen) atoms. The van der Waals surface area contributed by atoms with Gasteiger partial charge >= 0.3 is 0 Å². The summed E-state index contributed by atoms with van der Waals surface area (Å²) in [5.41, 5.74) is 0.0176. The molecule has 1 atom stereocenters. The van der Waals surface area contributed by atoms with Gasteiger partial charge in [0.2, 0.25) is 11.8 Å². The van der Waals surface area contributed by atoms with Gasteiger partial charge in [0.1, 0.15) is 6.04 Å². The predicted molar refractivity (Wildman–Crippen MR) is 71.2 cm³/mol. The molecule has 1 rings (SSSR count). The van der Waals surface area contributed by atoms with Gasteiger partial charge in [0.25, 0.3) is 0 Å². The van der Waals surface area contributed by atoms with Crippen LogP contribution in [-0.4, -0.2) is 47.9 Å². The van der Waals surface area contributed by atoms with Crippen molar-refractivity contribution in [3.05, 3.63) is 0 Å². The van der Waals surface area contributed by atoms with Crippen LogP contribution in [0.5, 0.6) is 0 Å². The van der Waals surface area contributed by atoms with Crippen LogP contribution in [0.1, 0.15) is 40.5 Å². The third-order valence-corrected chi connectivity index (χ3v) is 3.03. The Kier molecular flexibility index (Phi) is 5.14. The van der Waals surface area contributed by atoms with Crippen LogP contribution in [0, 0.1) is 0 Å². The highest BCUT2D eigenvalue weighted by Crippen LogP contribution is 2.10. The van der Waals surface area contributed by atoms with Gasteiger partial charge in [-0.1, -0.05) is 6.92 Å². The van der Waals surface area contributed by atoms with Gasteiger partial charge < -0.3 is 15.5 Å². The topological polar surface area (TPSA) is 61.4 Å². The summed E-state index contributed by atoms with van der Waals surface area (Å²) >= 11 is 0. The van der Waals surface area contributed by atoms with Gasteiger partial charge in [-0.25, -0.2) is 0 Å². The summed E-state index contributed by atoms with van der Waals surface area (Å²) in [7, 11) is 0. The van der Waals surface area contributed by atoms with Gasteiger partial charge in [0.05, 0.1) is 0 Å². The molecule has 0 bridgehead atoms. The lowest BCUT2D eigenvalue weighted by Crippen LogP contribution is -2.57. The Morgan fingerprint density at radius 2 is 2.17 bits per heavy atom. The second-order valence-corrected chi connectivity index (χ2v) is 5.73. The molecule has 1 heterocycles. The highest BCUT2D eigenvalue weighted by molar-refractivity contribution is 5.88. The Hall–Kier alpha value is -1.10. The molecule has 0 aromatic heterocycles. The van der Waals surface area contributed by atoms with E-state index in [0.29, 0.717) is 32.5 Å². The van der Waals surface area contributed by atoms with E-state index in [2.05, 4.69) is 31.4 Å². The van der Waals surface area contributed by atoms with Crippen LogP contribution < -0.4 is 10.6 Å². The lowest BCUT2D eigenvalue weighted by Gasteiger charge is -2.34. The third kappa shape index (κ3) is 4.29. The van der Waals surface area contributed by atoms with Gasteiger partial charge in [-0.3, -0.25) is 9.59 Å². The van der Waals surface area contributed by atoms with Crippen molar-refractivity contribution in [2.24, 2.45) is 0 Å². The van der Waals surface area contributed by atoms with Gasteiger partial charge in [-0.15, -0.1) is 0 Å². The van der Waals surface area contributed by atoms with E-state index in [9.17, 15) is 9.59 Å². The summed E-state index contributed by atoms with van der Waals surface area (Å²) in [6.45, 7) is 9.98. The number of nitrogens with zero attached hydrogens (tertiary/aromatic N) is 1. The summed E-state index contributed by atoms with van der Waals surface area (Å²) in [5, 5.41) is 6.09. The number of amides is 2. The number of nitrogens with one attached hydrogen (secondary N) is 2. The van der Waals surface area contributed by atoms with Crippen LogP contribution in [-0.2, 0) is 9.59 Å². The van der Waals surface area contributed by atoms with E-state index in [1.807, 2.05) is 6.92 Å². The number of hydrogen-bond donors (Lipinski definition) is 2. The molecule has 0 aliphatic carbocycles. The van der Waals surface area contributed by atoms with Crippen LogP contribution in [0.2, 0.25) is 0 Å². The molecule has 1 unspecified atom stereocenters. The summed E-state index contributed by atoms with van der Waals surface area (Å²) in [5.74, 6) is 0.0364. The summed E-state index contributed by atoms with van der Waals surface area (Å²) in [6, 6.07) is -0.291. The molecule has 1 fully saturated rings. The number of rotatable bonds is 4.